The third-order valence-corrected chi connectivity index (χ3v) is 7.94. The third kappa shape index (κ3) is 5.41. The molecule has 2 unspecified atom stereocenters. The smallest absolute Gasteiger partial charge is 0.245 e. The zero-order chi connectivity index (χ0) is 23.7. The van der Waals surface area contributed by atoms with Crippen LogP contribution in [0.4, 0.5) is 0 Å². The maximum Gasteiger partial charge on any atom is 0.245 e. The van der Waals surface area contributed by atoms with Gasteiger partial charge in [0, 0.05) is 43.5 Å². The van der Waals surface area contributed by atoms with Crippen molar-refractivity contribution in [2.45, 2.75) is 94.9 Å². The topological polar surface area (TPSA) is 86.6 Å². The second-order valence-corrected chi connectivity index (χ2v) is 11.0. The lowest BCUT2D eigenvalue weighted by molar-refractivity contribution is -0.149. The van der Waals surface area contributed by atoms with Gasteiger partial charge in [-0.3, -0.25) is 14.5 Å². The van der Waals surface area contributed by atoms with E-state index in [1.807, 2.05) is 4.90 Å². The van der Waals surface area contributed by atoms with Gasteiger partial charge in [-0.05, 0) is 66.0 Å². The molecule has 0 aromatic heterocycles. The fourth-order valence-corrected chi connectivity index (χ4v) is 5.29. The Labute approximate surface area is 197 Å². The van der Waals surface area contributed by atoms with E-state index >= 15 is 0 Å². The Bertz CT molecular complexity index is 810. The largest absolute Gasteiger partial charge is 0.381 e. The van der Waals surface area contributed by atoms with Crippen LogP contribution in [-0.4, -0.2) is 77.2 Å². The van der Waals surface area contributed by atoms with E-state index in [-0.39, 0.29) is 23.3 Å². The van der Waals surface area contributed by atoms with Crippen LogP contribution in [0.5, 0.6) is 0 Å². The maximum absolute atomic E-state index is 13.8. The van der Waals surface area contributed by atoms with Crippen LogP contribution in [0.1, 0.15) is 72.1 Å². The van der Waals surface area contributed by atoms with Crippen LogP contribution in [0.2, 0.25) is 0 Å². The highest BCUT2D eigenvalue weighted by atomic mass is 16.5. The second kappa shape index (κ2) is 9.34. The van der Waals surface area contributed by atoms with Gasteiger partial charge in [0.25, 0.3) is 0 Å². The van der Waals surface area contributed by atoms with E-state index in [0.717, 1.165) is 38.8 Å². The van der Waals surface area contributed by atoms with Crippen molar-refractivity contribution in [3.8, 4) is 12.3 Å². The fourth-order valence-electron chi connectivity index (χ4n) is 5.29. The molecule has 8 nitrogen and oxygen atoms in total. The van der Waals surface area contributed by atoms with E-state index in [9.17, 15) is 9.59 Å². The Balaban J connectivity index is 1.61. The summed E-state index contributed by atoms with van der Waals surface area (Å²) in [6.07, 6.45) is 12.2. The van der Waals surface area contributed by atoms with Crippen LogP contribution in [0, 0.1) is 18.3 Å². The number of amides is 2. The number of terminal acetylenes is 1. The van der Waals surface area contributed by atoms with Crippen LogP contribution in [0.15, 0.2) is 10.2 Å². The number of carbonyl (C=O) groups excluding carboxylic acids is 2. The average Bonchev–Trinajstić information content (AvgIpc) is 3.50. The summed E-state index contributed by atoms with van der Waals surface area (Å²) in [7, 11) is 0. The van der Waals surface area contributed by atoms with Crippen molar-refractivity contribution in [1.82, 2.24) is 15.1 Å². The summed E-state index contributed by atoms with van der Waals surface area (Å²) in [5.41, 5.74) is -1.15. The summed E-state index contributed by atoms with van der Waals surface area (Å²) >= 11 is 0. The molecule has 33 heavy (non-hydrogen) atoms. The predicted octanol–water partition coefficient (Wildman–Crippen LogP) is 2.73. The monoisotopic (exact) mass is 457 g/mol. The highest BCUT2D eigenvalue weighted by Gasteiger charge is 2.51. The molecule has 3 heterocycles. The van der Waals surface area contributed by atoms with Gasteiger partial charge >= 0.3 is 0 Å². The molecule has 0 aromatic rings. The van der Waals surface area contributed by atoms with E-state index in [2.05, 4.69) is 47.1 Å². The number of nitrogens with one attached hydrogen (secondary N) is 1. The molecule has 182 valence electrons. The van der Waals surface area contributed by atoms with Crippen LogP contribution in [0.3, 0.4) is 0 Å². The first-order valence-electron chi connectivity index (χ1n) is 12.5. The Kier molecular flexibility index (Phi) is 6.84. The Morgan fingerprint density at radius 3 is 2.52 bits per heavy atom. The van der Waals surface area contributed by atoms with Gasteiger partial charge in [-0.25, -0.2) is 0 Å². The molecule has 1 saturated carbocycles. The average molecular weight is 458 g/mol. The summed E-state index contributed by atoms with van der Waals surface area (Å²) in [6.45, 7) is 9.64. The minimum Gasteiger partial charge on any atom is -0.381 e. The van der Waals surface area contributed by atoms with Gasteiger partial charge in [0.2, 0.25) is 11.8 Å². The maximum atomic E-state index is 13.8. The number of hydrogen-bond acceptors (Lipinski definition) is 6. The first kappa shape index (κ1) is 24.2. The van der Waals surface area contributed by atoms with Crippen molar-refractivity contribution in [3.63, 3.8) is 0 Å². The Morgan fingerprint density at radius 1 is 1.27 bits per heavy atom. The Hall–Kier alpha value is -1.98. The summed E-state index contributed by atoms with van der Waals surface area (Å²) in [4.78, 5) is 31.9. The van der Waals surface area contributed by atoms with Crippen molar-refractivity contribution in [3.05, 3.63) is 0 Å². The van der Waals surface area contributed by atoms with Gasteiger partial charge in [-0.1, -0.05) is 0 Å². The van der Waals surface area contributed by atoms with Crippen LogP contribution in [-0.2, 0) is 14.3 Å². The molecule has 3 aliphatic heterocycles. The molecular weight excluding hydrogens is 418 g/mol. The van der Waals surface area contributed by atoms with Crippen LogP contribution in [0.25, 0.3) is 0 Å². The number of rotatable bonds is 11. The van der Waals surface area contributed by atoms with Crippen LogP contribution < -0.4 is 5.32 Å². The normalized spacial score (nSPS) is 25.9. The number of ether oxygens (including phenoxy) is 1. The van der Waals surface area contributed by atoms with Gasteiger partial charge in [0.1, 0.15) is 6.04 Å². The lowest BCUT2D eigenvalue weighted by atomic mass is 9.88. The fraction of sp³-hybridized carbons (Fsp3) is 0.840. The Morgan fingerprint density at radius 2 is 1.97 bits per heavy atom. The lowest BCUT2D eigenvalue weighted by Crippen LogP contribution is -2.66. The van der Waals surface area contributed by atoms with Gasteiger partial charge in [0.05, 0.1) is 12.5 Å². The molecule has 2 amide bonds. The molecule has 1 N–H and O–H groups in total. The molecule has 1 aliphatic carbocycles. The first-order valence-corrected chi connectivity index (χ1v) is 12.5. The molecule has 4 aliphatic rings. The highest BCUT2D eigenvalue weighted by molar-refractivity contribution is 5.90. The van der Waals surface area contributed by atoms with Crippen molar-refractivity contribution in [1.29, 1.82) is 0 Å². The zero-order valence-electron chi connectivity index (χ0n) is 20.4. The molecule has 2 saturated heterocycles. The van der Waals surface area contributed by atoms with Crippen molar-refractivity contribution >= 4 is 11.8 Å². The molecule has 0 aromatic carbocycles. The molecular formula is C25H39N5O3. The van der Waals surface area contributed by atoms with Gasteiger partial charge in [-0.2, -0.15) is 10.2 Å². The molecule has 4 rings (SSSR count). The van der Waals surface area contributed by atoms with Gasteiger partial charge in [0.15, 0.2) is 5.66 Å². The number of carbonyl (C=O) groups is 2. The summed E-state index contributed by atoms with van der Waals surface area (Å²) < 4.78 is 5.54. The summed E-state index contributed by atoms with van der Waals surface area (Å²) in [5.74, 6) is 2.41. The molecule has 0 radical (unpaired) electrons. The molecule has 2 atom stereocenters. The quantitative estimate of drug-likeness (QED) is 0.484. The standard InChI is InChI=1S/C25H39N5O3/c1-5-6-10-25(27-28-25)13-16-30(22(32)19-9-17-33-18-19)20(21(31)26-24(4)11-12-24)23(2,3)29-14-7-8-15-29/h1,19-20H,6-18H2,2-4H3,(H,26,31). The summed E-state index contributed by atoms with van der Waals surface area (Å²) in [6, 6.07) is -0.593. The number of nitrogens with zero attached hydrogens (tertiary/aromatic N) is 4. The number of hydrogen-bond donors (Lipinski definition) is 1. The minimum absolute atomic E-state index is 0.00798. The van der Waals surface area contributed by atoms with Crippen LogP contribution >= 0.6 is 0 Å². The van der Waals surface area contributed by atoms with Crippen molar-refractivity contribution < 1.29 is 14.3 Å². The first-order chi connectivity index (χ1) is 15.7. The van der Waals surface area contributed by atoms with Gasteiger partial charge < -0.3 is 15.0 Å². The molecule has 3 fully saturated rings. The number of likely N-dealkylation sites (tertiary alicyclic amines) is 1. The minimum atomic E-state index is -0.593. The lowest BCUT2D eigenvalue weighted by Gasteiger charge is -2.47. The van der Waals surface area contributed by atoms with Crippen molar-refractivity contribution in [2.75, 3.05) is 32.8 Å². The molecule has 0 spiro atoms. The third-order valence-electron chi connectivity index (χ3n) is 7.94. The van der Waals surface area contributed by atoms with E-state index in [1.165, 1.54) is 0 Å². The molecule has 0 bridgehead atoms. The second-order valence-electron chi connectivity index (χ2n) is 11.0. The molecule has 8 heteroatoms. The summed E-state index contributed by atoms with van der Waals surface area (Å²) in [5, 5.41) is 11.8. The highest BCUT2D eigenvalue weighted by Crippen LogP contribution is 2.39. The zero-order valence-corrected chi connectivity index (χ0v) is 20.4. The van der Waals surface area contributed by atoms with E-state index in [4.69, 9.17) is 11.2 Å². The van der Waals surface area contributed by atoms with Gasteiger partial charge in [-0.15, -0.1) is 12.3 Å². The van der Waals surface area contributed by atoms with E-state index in [0.29, 0.717) is 45.4 Å². The predicted molar refractivity (Wildman–Crippen MR) is 125 cm³/mol. The van der Waals surface area contributed by atoms with E-state index < -0.39 is 17.2 Å². The van der Waals surface area contributed by atoms with E-state index in [1.54, 1.807) is 0 Å². The van der Waals surface area contributed by atoms with Crippen molar-refractivity contribution in [2.24, 2.45) is 16.1 Å². The SMILES string of the molecule is C#CCCC1(CCN(C(=O)C2CCOC2)C(C(=O)NC2(C)CC2)C(C)(C)N2CCCC2)N=N1.